The molecule has 35 heavy (non-hydrogen) atoms. The van der Waals surface area contributed by atoms with Crippen LogP contribution >= 0.6 is 11.3 Å². The summed E-state index contributed by atoms with van der Waals surface area (Å²) in [4.78, 5) is 36.4. The zero-order chi connectivity index (χ0) is 24.2. The van der Waals surface area contributed by atoms with Crippen LogP contribution in [0, 0.1) is 6.92 Å². The third-order valence-corrected chi connectivity index (χ3v) is 6.86. The third kappa shape index (κ3) is 5.67. The Morgan fingerprint density at radius 1 is 1.11 bits per heavy atom. The highest BCUT2D eigenvalue weighted by molar-refractivity contribution is 7.16. The fourth-order valence-electron chi connectivity index (χ4n) is 4.00. The molecule has 180 valence electrons. The van der Waals surface area contributed by atoms with Gasteiger partial charge in [0.15, 0.2) is 0 Å². The van der Waals surface area contributed by atoms with Gasteiger partial charge in [-0.05, 0) is 80.9 Å². The quantitative estimate of drug-likeness (QED) is 0.324. The Kier molecular flexibility index (Phi) is 6.73. The highest BCUT2D eigenvalue weighted by atomic mass is 32.1. The van der Waals surface area contributed by atoms with Crippen molar-refractivity contribution < 1.29 is 14.3 Å². The minimum Gasteiger partial charge on any atom is -0.492 e. The molecule has 4 heterocycles. The molecule has 0 bridgehead atoms. The van der Waals surface area contributed by atoms with E-state index in [2.05, 4.69) is 25.8 Å². The van der Waals surface area contributed by atoms with Crippen LogP contribution in [-0.2, 0) is 4.79 Å². The number of ether oxygens (including phenoxy) is 1. The average molecular weight is 491 g/mol. The van der Waals surface area contributed by atoms with Crippen molar-refractivity contribution in [3.63, 3.8) is 0 Å². The predicted molar refractivity (Wildman–Crippen MR) is 136 cm³/mol. The number of aryl methyl sites for hydroxylation is 1. The fraction of sp³-hybridized carbons (Fsp3) is 0.280. The number of imide groups is 1. The summed E-state index contributed by atoms with van der Waals surface area (Å²) >= 11 is 1.48. The monoisotopic (exact) mass is 490 g/mol. The Balaban J connectivity index is 1.23. The van der Waals surface area contributed by atoms with Crippen LogP contribution in [0.25, 0.3) is 16.6 Å². The van der Waals surface area contributed by atoms with E-state index in [1.807, 2.05) is 43.3 Å². The van der Waals surface area contributed by atoms with Crippen molar-refractivity contribution in [2.45, 2.75) is 19.8 Å². The molecule has 0 aliphatic carbocycles. The third-order valence-electron chi connectivity index (χ3n) is 5.82. The molecular weight excluding hydrogens is 464 g/mol. The number of thiophene rings is 1. The maximum Gasteiger partial charge on any atom is 0.326 e. The Labute approximate surface area is 207 Å². The van der Waals surface area contributed by atoms with E-state index in [4.69, 9.17) is 9.72 Å². The van der Waals surface area contributed by atoms with Gasteiger partial charge < -0.3 is 15.4 Å². The van der Waals surface area contributed by atoms with Gasteiger partial charge >= 0.3 is 6.03 Å². The van der Waals surface area contributed by atoms with E-state index in [-0.39, 0.29) is 5.70 Å². The van der Waals surface area contributed by atoms with Crippen molar-refractivity contribution >= 4 is 41.0 Å². The zero-order valence-electron chi connectivity index (χ0n) is 19.3. The van der Waals surface area contributed by atoms with Gasteiger partial charge in [0.25, 0.3) is 5.91 Å². The van der Waals surface area contributed by atoms with Gasteiger partial charge in [0.05, 0.1) is 10.6 Å². The molecule has 10 heteroatoms. The van der Waals surface area contributed by atoms with E-state index in [0.717, 1.165) is 39.0 Å². The number of hydrogen-bond acceptors (Lipinski definition) is 8. The second kappa shape index (κ2) is 10.2. The Bertz CT molecular complexity index is 1260. The van der Waals surface area contributed by atoms with E-state index in [0.29, 0.717) is 12.6 Å². The number of aromatic nitrogens is 2. The van der Waals surface area contributed by atoms with Crippen molar-refractivity contribution in [3.05, 3.63) is 58.7 Å². The van der Waals surface area contributed by atoms with Gasteiger partial charge in [0.1, 0.15) is 18.1 Å². The molecule has 3 aromatic rings. The molecule has 3 amide bonds. The largest absolute Gasteiger partial charge is 0.492 e. The Morgan fingerprint density at radius 2 is 1.91 bits per heavy atom. The van der Waals surface area contributed by atoms with E-state index in [9.17, 15) is 9.59 Å². The molecule has 0 radical (unpaired) electrons. The number of carbonyl (C=O) groups is 2. The van der Waals surface area contributed by atoms with Crippen molar-refractivity contribution in [1.29, 1.82) is 0 Å². The van der Waals surface area contributed by atoms with E-state index in [1.54, 1.807) is 12.3 Å². The molecule has 2 aliphatic rings. The highest BCUT2D eigenvalue weighted by Gasteiger charge is 2.23. The van der Waals surface area contributed by atoms with Gasteiger partial charge in [-0.2, -0.15) is 0 Å². The number of nitrogens with zero attached hydrogens (tertiary/aromatic N) is 3. The highest BCUT2D eigenvalue weighted by Crippen LogP contribution is 2.31. The minimum atomic E-state index is -0.512. The first-order chi connectivity index (χ1) is 17.0. The van der Waals surface area contributed by atoms with Crippen molar-refractivity contribution in [3.8, 4) is 16.3 Å². The van der Waals surface area contributed by atoms with Crippen LogP contribution in [0.5, 0.6) is 5.75 Å². The molecule has 5 rings (SSSR count). The molecule has 0 saturated carbocycles. The van der Waals surface area contributed by atoms with Crippen LogP contribution in [0.2, 0.25) is 0 Å². The SMILES string of the molecule is Cc1cnc(Nc2ccc(OCCN3CCCC3)cc2)nc1-c1ccc(/C=C2\NC(=O)NC2=O)s1. The van der Waals surface area contributed by atoms with Crippen molar-refractivity contribution in [2.24, 2.45) is 0 Å². The van der Waals surface area contributed by atoms with Gasteiger partial charge in [-0.25, -0.2) is 14.8 Å². The van der Waals surface area contributed by atoms with Gasteiger partial charge in [0.2, 0.25) is 5.95 Å². The first-order valence-corrected chi connectivity index (χ1v) is 12.4. The van der Waals surface area contributed by atoms with E-state index < -0.39 is 11.9 Å². The maximum atomic E-state index is 11.8. The minimum absolute atomic E-state index is 0.230. The molecular formula is C25H26N6O3S. The van der Waals surface area contributed by atoms with Gasteiger partial charge in [-0.3, -0.25) is 15.0 Å². The first kappa shape index (κ1) is 23.0. The summed E-state index contributed by atoms with van der Waals surface area (Å²) < 4.78 is 5.88. The summed E-state index contributed by atoms with van der Waals surface area (Å²) in [5.74, 6) is 0.898. The molecule has 2 fully saturated rings. The summed E-state index contributed by atoms with van der Waals surface area (Å²) in [6.45, 7) is 5.95. The standard InChI is InChI=1S/C25H26N6O3S/c1-16-15-26-24(27-17-4-6-18(7-5-17)34-13-12-31-10-2-3-11-31)29-22(16)21-9-8-19(35-21)14-20-23(32)30-25(33)28-20/h4-9,14-15H,2-3,10-13H2,1H3,(H,26,27,29)(H2,28,30,32,33)/b20-14-. The van der Waals surface area contributed by atoms with Crippen molar-refractivity contribution in [1.82, 2.24) is 25.5 Å². The summed E-state index contributed by atoms with van der Waals surface area (Å²) in [5.41, 5.74) is 2.84. The van der Waals surface area contributed by atoms with Crippen LogP contribution in [0.3, 0.4) is 0 Å². The molecule has 0 spiro atoms. The molecule has 2 saturated heterocycles. The lowest BCUT2D eigenvalue weighted by molar-refractivity contribution is -0.115. The number of carbonyl (C=O) groups excluding carboxylic acids is 2. The second-order valence-corrected chi connectivity index (χ2v) is 9.56. The van der Waals surface area contributed by atoms with Crippen molar-refractivity contribution in [2.75, 3.05) is 31.6 Å². The molecule has 1 aromatic carbocycles. The maximum absolute atomic E-state index is 11.8. The molecule has 3 N–H and O–H groups in total. The molecule has 2 aromatic heterocycles. The number of anilines is 2. The van der Waals surface area contributed by atoms with E-state index in [1.165, 1.54) is 37.3 Å². The lowest BCUT2D eigenvalue weighted by atomic mass is 10.2. The normalized spacial score (nSPS) is 17.0. The number of hydrogen-bond donors (Lipinski definition) is 3. The lowest BCUT2D eigenvalue weighted by Crippen LogP contribution is -2.25. The molecule has 9 nitrogen and oxygen atoms in total. The van der Waals surface area contributed by atoms with Gasteiger partial charge in [-0.1, -0.05) is 0 Å². The summed E-state index contributed by atoms with van der Waals surface area (Å²) in [7, 11) is 0. The number of amides is 3. The van der Waals surface area contributed by atoms with Crippen LogP contribution < -0.4 is 20.7 Å². The van der Waals surface area contributed by atoms with Crippen LogP contribution in [0.4, 0.5) is 16.4 Å². The number of nitrogens with one attached hydrogen (secondary N) is 3. The van der Waals surface area contributed by atoms with Crippen LogP contribution in [-0.4, -0.2) is 53.0 Å². The number of rotatable bonds is 8. The first-order valence-electron chi connectivity index (χ1n) is 11.5. The Hall–Kier alpha value is -3.76. The fourth-order valence-corrected chi connectivity index (χ4v) is 5.00. The van der Waals surface area contributed by atoms with Crippen LogP contribution in [0.15, 0.2) is 48.3 Å². The Morgan fingerprint density at radius 3 is 2.66 bits per heavy atom. The molecule has 0 atom stereocenters. The lowest BCUT2D eigenvalue weighted by Gasteiger charge is -2.15. The smallest absolute Gasteiger partial charge is 0.326 e. The zero-order valence-corrected chi connectivity index (χ0v) is 20.2. The molecule has 0 unspecified atom stereocenters. The van der Waals surface area contributed by atoms with Gasteiger partial charge in [0, 0.05) is 23.3 Å². The van der Waals surface area contributed by atoms with E-state index >= 15 is 0 Å². The second-order valence-electron chi connectivity index (χ2n) is 8.44. The predicted octanol–water partition coefficient (Wildman–Crippen LogP) is 3.91. The number of urea groups is 1. The number of benzene rings is 1. The number of likely N-dealkylation sites (tertiary alicyclic amines) is 1. The summed E-state index contributed by atoms with van der Waals surface area (Å²) in [6, 6.07) is 11.1. The topological polar surface area (TPSA) is 108 Å². The van der Waals surface area contributed by atoms with Crippen LogP contribution in [0.1, 0.15) is 23.3 Å². The molecule has 2 aliphatic heterocycles. The van der Waals surface area contributed by atoms with Gasteiger partial charge in [-0.15, -0.1) is 11.3 Å². The summed E-state index contributed by atoms with van der Waals surface area (Å²) in [6.07, 6.45) is 6.00. The summed E-state index contributed by atoms with van der Waals surface area (Å²) in [5, 5.41) is 7.95. The average Bonchev–Trinajstić information content (AvgIpc) is 3.59.